The van der Waals surface area contributed by atoms with Crippen LogP contribution in [0.1, 0.15) is 15.9 Å². The second-order valence-corrected chi connectivity index (χ2v) is 6.60. The lowest BCUT2D eigenvalue weighted by Gasteiger charge is -2.08. The van der Waals surface area contributed by atoms with Gasteiger partial charge >= 0.3 is 11.9 Å². The Bertz CT molecular complexity index is 1020. The van der Waals surface area contributed by atoms with Crippen molar-refractivity contribution in [3.63, 3.8) is 0 Å². The van der Waals surface area contributed by atoms with Gasteiger partial charge in [-0.2, -0.15) is 5.26 Å². The Morgan fingerprint density at radius 3 is 2.37 bits per heavy atom. The highest BCUT2D eigenvalue weighted by Crippen LogP contribution is 2.27. The third-order valence-corrected chi connectivity index (χ3v) is 4.39. The summed E-state index contributed by atoms with van der Waals surface area (Å²) in [5, 5.41) is 11.9. The van der Waals surface area contributed by atoms with Crippen molar-refractivity contribution in [3.05, 3.63) is 63.6 Å². The van der Waals surface area contributed by atoms with Crippen molar-refractivity contribution >= 4 is 45.5 Å². The van der Waals surface area contributed by atoms with Gasteiger partial charge in [0, 0.05) is 5.69 Å². The number of rotatable bonds is 7. The first kappa shape index (κ1) is 22.6. The third kappa shape index (κ3) is 6.18. The lowest BCUT2D eigenvalue weighted by atomic mass is 10.1. The average molecular weight is 473 g/mol. The highest BCUT2D eigenvalue weighted by Gasteiger charge is 2.12. The first-order valence-corrected chi connectivity index (χ1v) is 9.28. The lowest BCUT2D eigenvalue weighted by molar-refractivity contribution is -0.142. The summed E-state index contributed by atoms with van der Waals surface area (Å²) >= 11 is 3.32. The summed E-state index contributed by atoms with van der Waals surface area (Å²) < 4.78 is 15.0. The SMILES string of the molecule is COC(=O)COc1ccc(/C=C(\C#N)C(=O)Nc2ccc(C(=O)OC)cc2)cc1Br. The van der Waals surface area contributed by atoms with Crippen molar-refractivity contribution in [1.82, 2.24) is 0 Å². The molecule has 9 heteroatoms. The standard InChI is InChI=1S/C21H17BrN2O6/c1-28-19(25)12-30-18-8-3-13(10-17(18)22)9-15(11-23)20(26)24-16-6-4-14(5-7-16)21(27)29-2/h3-10H,12H2,1-2H3,(H,24,26)/b15-9+. The number of hydrogen-bond donors (Lipinski definition) is 1. The lowest BCUT2D eigenvalue weighted by Crippen LogP contribution is -2.13. The number of ether oxygens (including phenoxy) is 3. The molecule has 154 valence electrons. The Kier molecular flexibility index (Phi) is 8.14. The Morgan fingerprint density at radius 1 is 1.10 bits per heavy atom. The van der Waals surface area contributed by atoms with E-state index in [-0.39, 0.29) is 12.2 Å². The minimum atomic E-state index is -0.606. The van der Waals surface area contributed by atoms with Crippen LogP contribution in [0.3, 0.4) is 0 Å². The summed E-state index contributed by atoms with van der Waals surface area (Å²) in [6.07, 6.45) is 1.41. The molecule has 0 saturated heterocycles. The van der Waals surface area contributed by atoms with E-state index in [1.807, 2.05) is 6.07 Å². The molecule has 1 amide bonds. The fraction of sp³-hybridized carbons (Fsp3) is 0.143. The van der Waals surface area contributed by atoms with E-state index in [0.717, 1.165) is 0 Å². The Morgan fingerprint density at radius 2 is 1.80 bits per heavy atom. The molecule has 8 nitrogen and oxygen atoms in total. The number of carbonyl (C=O) groups excluding carboxylic acids is 3. The molecule has 1 N–H and O–H groups in total. The molecule has 30 heavy (non-hydrogen) atoms. The molecular weight excluding hydrogens is 456 g/mol. The number of benzene rings is 2. The van der Waals surface area contributed by atoms with Gasteiger partial charge in [-0.25, -0.2) is 9.59 Å². The number of methoxy groups -OCH3 is 2. The van der Waals surface area contributed by atoms with E-state index >= 15 is 0 Å². The molecule has 0 unspecified atom stereocenters. The molecule has 2 aromatic carbocycles. The maximum Gasteiger partial charge on any atom is 0.343 e. The van der Waals surface area contributed by atoms with E-state index in [1.54, 1.807) is 18.2 Å². The first-order valence-electron chi connectivity index (χ1n) is 8.48. The molecule has 0 aliphatic rings. The van der Waals surface area contributed by atoms with E-state index in [9.17, 15) is 19.6 Å². The summed E-state index contributed by atoms with van der Waals surface area (Å²) in [7, 11) is 2.54. The smallest absolute Gasteiger partial charge is 0.343 e. The van der Waals surface area contributed by atoms with Crippen LogP contribution >= 0.6 is 15.9 Å². The van der Waals surface area contributed by atoms with E-state index in [2.05, 4.69) is 30.7 Å². The number of anilines is 1. The van der Waals surface area contributed by atoms with Crippen LogP contribution in [0.25, 0.3) is 6.08 Å². The van der Waals surface area contributed by atoms with Gasteiger partial charge in [-0.3, -0.25) is 4.79 Å². The van der Waals surface area contributed by atoms with Crippen LogP contribution in [-0.2, 0) is 19.1 Å². The molecule has 0 heterocycles. The van der Waals surface area contributed by atoms with Gasteiger partial charge in [0.1, 0.15) is 17.4 Å². The maximum atomic E-state index is 12.4. The Labute approximate surface area is 181 Å². The number of nitrogens with zero attached hydrogens (tertiary/aromatic N) is 1. The monoisotopic (exact) mass is 472 g/mol. The fourth-order valence-electron chi connectivity index (χ4n) is 2.24. The minimum absolute atomic E-state index is 0.123. The fourth-order valence-corrected chi connectivity index (χ4v) is 2.75. The average Bonchev–Trinajstić information content (AvgIpc) is 2.76. The number of hydrogen-bond acceptors (Lipinski definition) is 7. The molecular formula is C21H17BrN2O6. The molecule has 0 bridgehead atoms. The van der Waals surface area contributed by atoms with Crippen molar-refractivity contribution in [3.8, 4) is 11.8 Å². The largest absolute Gasteiger partial charge is 0.481 e. The molecule has 0 aliphatic heterocycles. The first-order chi connectivity index (χ1) is 14.4. The highest BCUT2D eigenvalue weighted by atomic mass is 79.9. The zero-order valence-electron chi connectivity index (χ0n) is 16.1. The van der Waals surface area contributed by atoms with Gasteiger partial charge in [-0.1, -0.05) is 6.07 Å². The summed E-state index contributed by atoms with van der Waals surface area (Å²) in [6.45, 7) is -0.245. The molecule has 2 aromatic rings. The van der Waals surface area contributed by atoms with E-state index in [0.29, 0.717) is 27.0 Å². The molecule has 0 atom stereocenters. The van der Waals surface area contributed by atoms with Crippen LogP contribution in [0.4, 0.5) is 5.69 Å². The van der Waals surface area contributed by atoms with Crippen LogP contribution in [0.5, 0.6) is 5.75 Å². The maximum absolute atomic E-state index is 12.4. The second-order valence-electron chi connectivity index (χ2n) is 5.75. The number of nitrogens with one attached hydrogen (secondary N) is 1. The number of nitriles is 1. The summed E-state index contributed by atoms with van der Waals surface area (Å²) in [5.41, 5.74) is 1.20. The number of esters is 2. The summed E-state index contributed by atoms with van der Waals surface area (Å²) in [4.78, 5) is 35.0. The van der Waals surface area contributed by atoms with Gasteiger partial charge in [-0.15, -0.1) is 0 Å². The van der Waals surface area contributed by atoms with Crippen molar-refractivity contribution in [2.24, 2.45) is 0 Å². The van der Waals surface area contributed by atoms with Crippen LogP contribution in [0.2, 0.25) is 0 Å². The summed E-state index contributed by atoms with van der Waals surface area (Å²) in [6, 6.07) is 12.8. The van der Waals surface area contributed by atoms with Gasteiger partial charge in [0.05, 0.1) is 24.3 Å². The van der Waals surface area contributed by atoms with Gasteiger partial charge in [0.15, 0.2) is 6.61 Å². The number of amides is 1. The Balaban J connectivity index is 2.11. The van der Waals surface area contributed by atoms with E-state index in [4.69, 9.17) is 4.74 Å². The molecule has 0 spiro atoms. The van der Waals surface area contributed by atoms with Crippen LogP contribution < -0.4 is 10.1 Å². The van der Waals surface area contributed by atoms with Gasteiger partial charge in [0.25, 0.3) is 5.91 Å². The van der Waals surface area contributed by atoms with Crippen LogP contribution in [0, 0.1) is 11.3 Å². The van der Waals surface area contributed by atoms with Crippen molar-refractivity contribution < 1.29 is 28.6 Å². The quantitative estimate of drug-likeness (QED) is 0.373. The van der Waals surface area contributed by atoms with Crippen LogP contribution in [-0.4, -0.2) is 38.7 Å². The highest BCUT2D eigenvalue weighted by molar-refractivity contribution is 9.10. The molecule has 2 rings (SSSR count). The zero-order valence-corrected chi connectivity index (χ0v) is 17.7. The van der Waals surface area contributed by atoms with Crippen molar-refractivity contribution in [2.75, 3.05) is 26.1 Å². The number of carbonyl (C=O) groups is 3. The molecule has 0 aromatic heterocycles. The second kappa shape index (κ2) is 10.8. The van der Waals surface area contributed by atoms with Crippen LogP contribution in [0.15, 0.2) is 52.5 Å². The van der Waals surface area contributed by atoms with Gasteiger partial charge < -0.3 is 19.5 Å². The van der Waals surface area contributed by atoms with Crippen molar-refractivity contribution in [2.45, 2.75) is 0 Å². The number of halogens is 1. The van der Waals surface area contributed by atoms with E-state index in [1.165, 1.54) is 44.6 Å². The topological polar surface area (TPSA) is 115 Å². The van der Waals surface area contributed by atoms with E-state index < -0.39 is 17.8 Å². The predicted molar refractivity (Wildman–Crippen MR) is 112 cm³/mol. The molecule has 0 radical (unpaired) electrons. The van der Waals surface area contributed by atoms with Crippen molar-refractivity contribution in [1.29, 1.82) is 5.26 Å². The minimum Gasteiger partial charge on any atom is -0.481 e. The predicted octanol–water partition coefficient (Wildman–Crippen LogP) is 3.33. The normalized spacial score (nSPS) is 10.5. The molecule has 0 aliphatic carbocycles. The zero-order chi connectivity index (χ0) is 22.1. The van der Waals surface area contributed by atoms with Gasteiger partial charge in [0.2, 0.25) is 0 Å². The molecule has 0 fully saturated rings. The van der Waals surface area contributed by atoms with Gasteiger partial charge in [-0.05, 0) is 64.0 Å². The molecule has 0 saturated carbocycles. The summed E-state index contributed by atoms with van der Waals surface area (Å²) in [5.74, 6) is -1.21. The third-order valence-electron chi connectivity index (χ3n) is 3.77. The Hall–Kier alpha value is -3.64.